The van der Waals surface area contributed by atoms with Crippen molar-refractivity contribution in [2.45, 2.75) is 40.0 Å². The van der Waals surface area contributed by atoms with Crippen molar-refractivity contribution in [3.8, 4) is 11.3 Å². The minimum atomic E-state index is -0.323. The first-order valence-corrected chi connectivity index (χ1v) is 8.53. The van der Waals surface area contributed by atoms with Crippen molar-refractivity contribution in [1.82, 2.24) is 25.1 Å². The van der Waals surface area contributed by atoms with Crippen LogP contribution in [-0.2, 0) is 11.2 Å². The third kappa shape index (κ3) is 3.63. The van der Waals surface area contributed by atoms with E-state index < -0.39 is 0 Å². The van der Waals surface area contributed by atoms with Crippen LogP contribution in [0.5, 0.6) is 0 Å². The highest BCUT2D eigenvalue weighted by Gasteiger charge is 2.31. The predicted molar refractivity (Wildman–Crippen MR) is 92.1 cm³/mol. The fraction of sp³-hybridized carbons (Fsp3) is 0.556. The molecule has 0 spiro atoms. The quantitative estimate of drug-likeness (QED) is 0.940. The van der Waals surface area contributed by atoms with E-state index in [-0.39, 0.29) is 11.3 Å². The van der Waals surface area contributed by atoms with Gasteiger partial charge < -0.3 is 4.90 Å². The van der Waals surface area contributed by atoms with Crippen LogP contribution in [0.25, 0.3) is 11.3 Å². The van der Waals surface area contributed by atoms with E-state index in [4.69, 9.17) is 0 Å². The fourth-order valence-electron chi connectivity index (χ4n) is 3.30. The highest BCUT2D eigenvalue weighted by Crippen LogP contribution is 2.27. The minimum Gasteiger partial charge on any atom is -0.342 e. The van der Waals surface area contributed by atoms with Gasteiger partial charge in [-0.3, -0.25) is 19.9 Å². The van der Waals surface area contributed by atoms with E-state index in [1.165, 1.54) is 0 Å². The van der Waals surface area contributed by atoms with Gasteiger partial charge in [-0.25, -0.2) is 0 Å². The minimum absolute atomic E-state index is 0.237. The zero-order valence-electron chi connectivity index (χ0n) is 14.6. The second kappa shape index (κ2) is 6.71. The number of hydrogen-bond donors (Lipinski definition) is 1. The summed E-state index contributed by atoms with van der Waals surface area (Å²) in [5, 5.41) is 6.83. The van der Waals surface area contributed by atoms with Gasteiger partial charge in [0.15, 0.2) is 0 Å². The molecule has 0 radical (unpaired) electrons. The lowest BCUT2D eigenvalue weighted by Gasteiger charge is -2.36. The molecule has 1 N–H and O–H groups in total. The van der Waals surface area contributed by atoms with Crippen LogP contribution in [0.1, 0.15) is 39.3 Å². The SMILES string of the molecule is CC(C)(C)C(=O)N1CCCC(Cc2nccnc2-c2cn[nH]c2)C1. The number of likely N-dealkylation sites (tertiary alicyclic amines) is 1. The van der Waals surface area contributed by atoms with Gasteiger partial charge in [0, 0.05) is 42.7 Å². The van der Waals surface area contributed by atoms with E-state index in [1.807, 2.05) is 31.9 Å². The Morgan fingerprint density at radius 1 is 1.33 bits per heavy atom. The monoisotopic (exact) mass is 327 g/mol. The molecule has 0 aliphatic carbocycles. The molecule has 6 nitrogen and oxygen atoms in total. The van der Waals surface area contributed by atoms with Crippen LogP contribution >= 0.6 is 0 Å². The van der Waals surface area contributed by atoms with Crippen molar-refractivity contribution in [2.24, 2.45) is 11.3 Å². The van der Waals surface area contributed by atoms with Crippen LogP contribution in [0.3, 0.4) is 0 Å². The number of nitrogens with zero attached hydrogens (tertiary/aromatic N) is 4. The first kappa shape index (κ1) is 16.6. The summed E-state index contributed by atoms with van der Waals surface area (Å²) in [7, 11) is 0. The highest BCUT2D eigenvalue weighted by atomic mass is 16.2. The molecule has 128 valence electrons. The topological polar surface area (TPSA) is 74.8 Å². The van der Waals surface area contributed by atoms with Crippen LogP contribution in [0.15, 0.2) is 24.8 Å². The predicted octanol–water partition coefficient (Wildman–Crippen LogP) is 2.69. The molecule has 1 aliphatic rings. The van der Waals surface area contributed by atoms with Gasteiger partial charge in [0.05, 0.1) is 17.6 Å². The van der Waals surface area contributed by atoms with Gasteiger partial charge in [-0.05, 0) is 25.2 Å². The largest absolute Gasteiger partial charge is 0.342 e. The molecule has 1 atom stereocenters. The molecule has 3 rings (SSSR count). The Balaban J connectivity index is 1.74. The summed E-state index contributed by atoms with van der Waals surface area (Å²) in [6.07, 6.45) is 10.1. The first-order chi connectivity index (χ1) is 11.4. The molecule has 0 bridgehead atoms. The third-order valence-corrected chi connectivity index (χ3v) is 4.48. The number of aromatic nitrogens is 4. The zero-order valence-corrected chi connectivity index (χ0v) is 14.6. The number of amides is 1. The van der Waals surface area contributed by atoms with Crippen LogP contribution in [0.2, 0.25) is 0 Å². The summed E-state index contributed by atoms with van der Waals surface area (Å²) >= 11 is 0. The number of hydrogen-bond acceptors (Lipinski definition) is 4. The third-order valence-electron chi connectivity index (χ3n) is 4.48. The number of rotatable bonds is 3. The normalized spacial score (nSPS) is 18.6. The van der Waals surface area contributed by atoms with E-state index in [9.17, 15) is 4.79 Å². The summed E-state index contributed by atoms with van der Waals surface area (Å²) in [6, 6.07) is 0. The Bertz CT molecular complexity index is 690. The Labute approximate surface area is 142 Å². The summed E-state index contributed by atoms with van der Waals surface area (Å²) in [4.78, 5) is 23.6. The number of nitrogens with one attached hydrogen (secondary N) is 1. The molecule has 6 heteroatoms. The van der Waals surface area contributed by atoms with E-state index in [0.717, 1.165) is 49.3 Å². The van der Waals surface area contributed by atoms with Gasteiger partial charge in [0.25, 0.3) is 0 Å². The molecule has 0 aromatic carbocycles. The Hall–Kier alpha value is -2.24. The van der Waals surface area contributed by atoms with Crippen molar-refractivity contribution in [3.63, 3.8) is 0 Å². The second-order valence-electron chi connectivity index (χ2n) is 7.55. The lowest BCUT2D eigenvalue weighted by atomic mass is 9.89. The summed E-state index contributed by atoms with van der Waals surface area (Å²) in [5.74, 6) is 0.661. The van der Waals surface area contributed by atoms with E-state index in [0.29, 0.717) is 5.92 Å². The van der Waals surface area contributed by atoms with E-state index in [1.54, 1.807) is 18.6 Å². The van der Waals surface area contributed by atoms with Crippen molar-refractivity contribution in [1.29, 1.82) is 0 Å². The molecule has 1 aliphatic heterocycles. The van der Waals surface area contributed by atoms with Gasteiger partial charge in [-0.2, -0.15) is 5.10 Å². The highest BCUT2D eigenvalue weighted by molar-refractivity contribution is 5.81. The molecule has 24 heavy (non-hydrogen) atoms. The number of H-pyrrole nitrogens is 1. The van der Waals surface area contributed by atoms with E-state index in [2.05, 4.69) is 20.2 Å². The Kier molecular flexibility index (Phi) is 4.64. The lowest BCUT2D eigenvalue weighted by molar-refractivity contribution is -0.141. The fourth-order valence-corrected chi connectivity index (χ4v) is 3.30. The van der Waals surface area contributed by atoms with Crippen molar-refractivity contribution in [3.05, 3.63) is 30.5 Å². The maximum atomic E-state index is 12.6. The number of carbonyl (C=O) groups is 1. The number of aromatic amines is 1. The molecule has 2 aromatic rings. The number of carbonyl (C=O) groups excluding carboxylic acids is 1. The van der Waals surface area contributed by atoms with Gasteiger partial charge in [-0.1, -0.05) is 20.8 Å². The summed E-state index contributed by atoms with van der Waals surface area (Å²) < 4.78 is 0. The Morgan fingerprint density at radius 2 is 2.12 bits per heavy atom. The summed E-state index contributed by atoms with van der Waals surface area (Å²) in [5.41, 5.74) is 2.49. The molecule has 1 saturated heterocycles. The summed E-state index contributed by atoms with van der Waals surface area (Å²) in [6.45, 7) is 7.62. The van der Waals surface area contributed by atoms with Crippen molar-refractivity contribution < 1.29 is 4.79 Å². The molecular weight excluding hydrogens is 302 g/mol. The van der Waals surface area contributed by atoms with Crippen LogP contribution in [-0.4, -0.2) is 44.1 Å². The van der Waals surface area contributed by atoms with Gasteiger partial charge in [0.1, 0.15) is 0 Å². The number of piperidine rings is 1. The smallest absolute Gasteiger partial charge is 0.227 e. The second-order valence-corrected chi connectivity index (χ2v) is 7.55. The Morgan fingerprint density at radius 3 is 2.83 bits per heavy atom. The van der Waals surface area contributed by atoms with Gasteiger partial charge in [0.2, 0.25) is 5.91 Å². The maximum Gasteiger partial charge on any atom is 0.227 e. The van der Waals surface area contributed by atoms with Crippen molar-refractivity contribution in [2.75, 3.05) is 13.1 Å². The van der Waals surface area contributed by atoms with Gasteiger partial charge >= 0.3 is 0 Å². The molecule has 1 fully saturated rings. The van der Waals surface area contributed by atoms with Crippen LogP contribution < -0.4 is 0 Å². The van der Waals surface area contributed by atoms with Crippen LogP contribution in [0.4, 0.5) is 0 Å². The van der Waals surface area contributed by atoms with Crippen LogP contribution in [0, 0.1) is 11.3 Å². The first-order valence-electron chi connectivity index (χ1n) is 8.53. The standard InChI is InChI=1S/C18H25N5O/c1-18(2,3)17(24)23-8-4-5-13(12-23)9-15-16(20-7-6-19-15)14-10-21-22-11-14/h6-7,10-11,13H,4-5,8-9,12H2,1-3H3,(H,21,22). The molecule has 1 unspecified atom stereocenters. The molecule has 1 amide bonds. The maximum absolute atomic E-state index is 12.6. The van der Waals surface area contributed by atoms with Crippen molar-refractivity contribution >= 4 is 5.91 Å². The van der Waals surface area contributed by atoms with Gasteiger partial charge in [-0.15, -0.1) is 0 Å². The molecule has 2 aromatic heterocycles. The lowest BCUT2D eigenvalue weighted by Crippen LogP contribution is -2.45. The molecular formula is C18H25N5O. The molecule has 0 saturated carbocycles. The average Bonchev–Trinajstić information content (AvgIpc) is 3.08. The molecule has 3 heterocycles. The average molecular weight is 327 g/mol. The zero-order chi connectivity index (χ0) is 17.2. The van der Waals surface area contributed by atoms with E-state index >= 15 is 0 Å².